The molecule has 17 heavy (non-hydrogen) atoms. The van der Waals surface area contributed by atoms with Gasteiger partial charge in [-0.15, -0.1) is 0 Å². The minimum atomic E-state index is -0.186. The van der Waals surface area contributed by atoms with Crippen LogP contribution < -0.4 is 10.2 Å². The highest BCUT2D eigenvalue weighted by Crippen LogP contribution is 2.35. The molecule has 1 N–H and O–H groups in total. The maximum Gasteiger partial charge on any atom is 0.124 e. The van der Waals surface area contributed by atoms with Crippen molar-refractivity contribution >= 4 is 21.6 Å². The molecule has 1 aromatic carbocycles. The number of nitrogens with one attached hydrogen (secondary N) is 1. The van der Waals surface area contributed by atoms with Gasteiger partial charge in [0.25, 0.3) is 0 Å². The molecule has 1 aliphatic carbocycles. The molecular weight excluding hydrogens is 283 g/mol. The van der Waals surface area contributed by atoms with Crippen LogP contribution in [-0.4, -0.2) is 25.7 Å². The van der Waals surface area contributed by atoms with Crippen molar-refractivity contribution in [2.75, 3.05) is 24.5 Å². The second-order valence-electron chi connectivity index (χ2n) is 4.94. The average molecular weight is 299 g/mol. The smallest absolute Gasteiger partial charge is 0.124 e. The molecular formula is C13H16BrFN2. The highest BCUT2D eigenvalue weighted by atomic mass is 79.9. The lowest BCUT2D eigenvalue weighted by molar-refractivity contribution is 0.418. The van der Waals surface area contributed by atoms with E-state index in [1.54, 1.807) is 6.07 Å². The summed E-state index contributed by atoms with van der Waals surface area (Å²) >= 11 is 3.45. The van der Waals surface area contributed by atoms with Crippen LogP contribution in [0, 0.1) is 11.7 Å². The molecule has 1 aromatic rings. The van der Waals surface area contributed by atoms with E-state index in [1.807, 2.05) is 6.07 Å². The first-order valence-electron chi connectivity index (χ1n) is 6.17. The lowest BCUT2D eigenvalue weighted by Gasteiger charge is -2.36. The molecule has 1 aliphatic heterocycles. The summed E-state index contributed by atoms with van der Waals surface area (Å²) in [6.07, 6.45) is 2.71. The van der Waals surface area contributed by atoms with E-state index < -0.39 is 0 Å². The summed E-state index contributed by atoms with van der Waals surface area (Å²) in [5.41, 5.74) is 1.11. The van der Waals surface area contributed by atoms with Gasteiger partial charge in [-0.1, -0.05) is 0 Å². The van der Waals surface area contributed by atoms with E-state index in [1.165, 1.54) is 18.9 Å². The van der Waals surface area contributed by atoms with Crippen LogP contribution in [-0.2, 0) is 0 Å². The highest BCUT2D eigenvalue weighted by molar-refractivity contribution is 9.10. The molecule has 1 unspecified atom stereocenters. The first-order chi connectivity index (χ1) is 8.24. The monoisotopic (exact) mass is 298 g/mol. The Hall–Kier alpha value is -0.610. The zero-order valence-corrected chi connectivity index (χ0v) is 11.2. The molecule has 0 spiro atoms. The number of halogens is 2. The summed E-state index contributed by atoms with van der Waals surface area (Å²) in [5, 5.41) is 3.58. The van der Waals surface area contributed by atoms with Crippen LogP contribution in [0.3, 0.4) is 0 Å². The molecule has 0 aromatic heterocycles. The van der Waals surface area contributed by atoms with Gasteiger partial charge in [0.1, 0.15) is 5.82 Å². The Bertz CT molecular complexity index is 420. The number of nitrogens with zero attached hydrogens (tertiary/aromatic N) is 1. The predicted octanol–water partition coefficient (Wildman–Crippen LogP) is 2.78. The zero-order valence-electron chi connectivity index (χ0n) is 9.63. The predicted molar refractivity (Wildman–Crippen MR) is 70.8 cm³/mol. The van der Waals surface area contributed by atoms with Crippen molar-refractivity contribution in [2.45, 2.75) is 18.9 Å². The third kappa shape index (κ3) is 2.47. The van der Waals surface area contributed by atoms with Crippen LogP contribution in [0.2, 0.25) is 0 Å². The molecule has 0 amide bonds. The van der Waals surface area contributed by atoms with Crippen molar-refractivity contribution < 1.29 is 4.39 Å². The van der Waals surface area contributed by atoms with Gasteiger partial charge >= 0.3 is 0 Å². The van der Waals surface area contributed by atoms with E-state index in [9.17, 15) is 4.39 Å². The van der Waals surface area contributed by atoms with Gasteiger partial charge in [0.15, 0.2) is 0 Å². The van der Waals surface area contributed by atoms with Gasteiger partial charge in [0.2, 0.25) is 0 Å². The Labute approximate surface area is 109 Å². The molecule has 1 saturated heterocycles. The molecule has 0 bridgehead atoms. The maximum atomic E-state index is 13.1. The summed E-state index contributed by atoms with van der Waals surface area (Å²) in [6.45, 7) is 3.05. The molecule has 3 rings (SSSR count). The van der Waals surface area contributed by atoms with Crippen molar-refractivity contribution in [3.8, 4) is 0 Å². The van der Waals surface area contributed by atoms with E-state index in [0.717, 1.165) is 35.7 Å². The average Bonchev–Trinajstić information content (AvgIpc) is 3.13. The summed E-state index contributed by atoms with van der Waals surface area (Å²) < 4.78 is 13.9. The quantitative estimate of drug-likeness (QED) is 0.903. The number of benzene rings is 1. The standard InChI is InChI=1S/C13H16BrFN2/c14-11-7-10(15)3-4-13(11)17-6-5-16-12(8-17)9-1-2-9/h3-4,7,9,12,16H,1-2,5-6,8H2. The van der Waals surface area contributed by atoms with E-state index in [2.05, 4.69) is 26.1 Å². The Morgan fingerprint density at radius 3 is 2.88 bits per heavy atom. The lowest BCUT2D eigenvalue weighted by Crippen LogP contribution is -2.51. The zero-order chi connectivity index (χ0) is 11.8. The van der Waals surface area contributed by atoms with Gasteiger partial charge in [-0.2, -0.15) is 0 Å². The third-order valence-electron chi connectivity index (χ3n) is 3.65. The topological polar surface area (TPSA) is 15.3 Å². The van der Waals surface area contributed by atoms with Crippen molar-refractivity contribution in [2.24, 2.45) is 5.92 Å². The minimum absolute atomic E-state index is 0.186. The SMILES string of the molecule is Fc1ccc(N2CCNC(C3CC3)C2)c(Br)c1. The highest BCUT2D eigenvalue weighted by Gasteiger charge is 2.34. The summed E-state index contributed by atoms with van der Waals surface area (Å²) in [4.78, 5) is 2.35. The normalized spacial score (nSPS) is 25.1. The number of anilines is 1. The van der Waals surface area contributed by atoms with Crippen LogP contribution in [0.15, 0.2) is 22.7 Å². The Morgan fingerprint density at radius 1 is 1.35 bits per heavy atom. The van der Waals surface area contributed by atoms with Gasteiger partial charge in [-0.3, -0.25) is 0 Å². The van der Waals surface area contributed by atoms with E-state index >= 15 is 0 Å². The molecule has 4 heteroatoms. The van der Waals surface area contributed by atoms with E-state index in [4.69, 9.17) is 0 Å². The second-order valence-corrected chi connectivity index (χ2v) is 5.79. The molecule has 1 saturated carbocycles. The number of piperazine rings is 1. The summed E-state index contributed by atoms with van der Waals surface area (Å²) in [5.74, 6) is 0.673. The molecule has 92 valence electrons. The van der Waals surface area contributed by atoms with E-state index in [-0.39, 0.29) is 5.82 Å². The van der Waals surface area contributed by atoms with Crippen molar-refractivity contribution in [1.82, 2.24) is 5.32 Å². The Morgan fingerprint density at radius 2 is 2.18 bits per heavy atom. The van der Waals surface area contributed by atoms with Crippen LogP contribution in [0.5, 0.6) is 0 Å². The van der Waals surface area contributed by atoms with E-state index in [0.29, 0.717) is 6.04 Å². The number of hydrogen-bond donors (Lipinski definition) is 1. The van der Waals surface area contributed by atoms with Crippen LogP contribution in [0.1, 0.15) is 12.8 Å². The summed E-state index contributed by atoms with van der Waals surface area (Å²) in [7, 11) is 0. The fourth-order valence-corrected chi connectivity index (χ4v) is 3.15. The molecule has 2 aliphatic rings. The first kappa shape index (κ1) is 11.5. The van der Waals surface area contributed by atoms with Crippen molar-refractivity contribution in [1.29, 1.82) is 0 Å². The molecule has 0 radical (unpaired) electrons. The Kier molecular flexibility index (Phi) is 3.09. The lowest BCUT2D eigenvalue weighted by atomic mass is 10.1. The fraction of sp³-hybridized carbons (Fsp3) is 0.538. The number of hydrogen-bond acceptors (Lipinski definition) is 2. The fourth-order valence-electron chi connectivity index (χ4n) is 2.55. The first-order valence-corrected chi connectivity index (χ1v) is 6.97. The van der Waals surface area contributed by atoms with Crippen molar-refractivity contribution in [3.05, 3.63) is 28.5 Å². The Balaban J connectivity index is 1.77. The largest absolute Gasteiger partial charge is 0.368 e. The van der Waals surface area contributed by atoms with Gasteiger partial charge < -0.3 is 10.2 Å². The molecule has 1 atom stereocenters. The minimum Gasteiger partial charge on any atom is -0.368 e. The van der Waals surface area contributed by atoms with Gasteiger partial charge in [0.05, 0.1) is 5.69 Å². The van der Waals surface area contributed by atoms with Gasteiger partial charge in [-0.05, 0) is 52.9 Å². The van der Waals surface area contributed by atoms with Gasteiger partial charge in [0, 0.05) is 30.1 Å². The van der Waals surface area contributed by atoms with Crippen LogP contribution >= 0.6 is 15.9 Å². The van der Waals surface area contributed by atoms with Crippen molar-refractivity contribution in [3.63, 3.8) is 0 Å². The molecule has 2 fully saturated rings. The molecule has 2 nitrogen and oxygen atoms in total. The maximum absolute atomic E-state index is 13.1. The summed E-state index contributed by atoms with van der Waals surface area (Å²) in [6, 6.07) is 5.56. The van der Waals surface area contributed by atoms with Crippen LogP contribution in [0.25, 0.3) is 0 Å². The third-order valence-corrected chi connectivity index (χ3v) is 4.28. The van der Waals surface area contributed by atoms with Gasteiger partial charge in [-0.25, -0.2) is 4.39 Å². The second kappa shape index (κ2) is 4.58. The molecule has 1 heterocycles. The number of rotatable bonds is 2. The van der Waals surface area contributed by atoms with Crippen LogP contribution in [0.4, 0.5) is 10.1 Å².